The number of hydrogen-bond acceptors (Lipinski definition) is 10. The lowest BCUT2D eigenvalue weighted by Gasteiger charge is -2.24. The highest BCUT2D eigenvalue weighted by molar-refractivity contribution is 7.36. The molecule has 1 aliphatic heterocycles. The molecule has 4 N–H and O–H groups in total. The van der Waals surface area contributed by atoms with E-state index in [1.807, 2.05) is 30.3 Å². The Hall–Kier alpha value is -3.17. The number of halogens is 1. The van der Waals surface area contributed by atoms with Crippen LogP contribution in [0.15, 0.2) is 36.7 Å². The minimum atomic E-state index is -2.60. The van der Waals surface area contributed by atoms with Gasteiger partial charge in [0.05, 0.1) is 12.4 Å². The summed E-state index contributed by atoms with van der Waals surface area (Å²) < 4.78 is 31.2. The van der Waals surface area contributed by atoms with Gasteiger partial charge in [0, 0.05) is 12.8 Å². The number of anilines is 1. The maximum atomic E-state index is 12.9. The van der Waals surface area contributed by atoms with Crippen molar-refractivity contribution in [3.63, 3.8) is 0 Å². The van der Waals surface area contributed by atoms with Crippen molar-refractivity contribution in [1.29, 1.82) is 0 Å². The number of benzene rings is 1. The lowest BCUT2D eigenvalue weighted by Crippen LogP contribution is -2.43. The Bertz CT molecular complexity index is 1370. The molecule has 14 heteroatoms. The predicted molar refractivity (Wildman–Crippen MR) is 139 cm³/mol. The van der Waals surface area contributed by atoms with Gasteiger partial charge in [-0.05, 0) is 35.6 Å². The van der Waals surface area contributed by atoms with E-state index < -0.39 is 44.7 Å². The van der Waals surface area contributed by atoms with E-state index in [0.29, 0.717) is 11.2 Å². The van der Waals surface area contributed by atoms with Crippen molar-refractivity contribution >= 4 is 42.7 Å². The molecule has 0 spiro atoms. The first kappa shape index (κ1) is 27.9. The average molecular weight is 562 g/mol. The molecule has 38 heavy (non-hydrogen) atoms. The Labute approximate surface area is 224 Å². The van der Waals surface area contributed by atoms with Crippen LogP contribution in [0.2, 0.25) is 5.28 Å². The lowest BCUT2D eigenvalue weighted by molar-refractivity contribution is -0.149. The summed E-state index contributed by atoms with van der Waals surface area (Å²) in [6.07, 6.45) is 5.10. The fourth-order valence-corrected chi connectivity index (χ4v) is 5.02. The second-order valence-electron chi connectivity index (χ2n) is 8.95. The molecule has 0 aliphatic carbocycles. The monoisotopic (exact) mass is 561 g/mol. The van der Waals surface area contributed by atoms with E-state index in [1.54, 1.807) is 13.8 Å². The molecule has 0 saturated carbocycles. The van der Waals surface area contributed by atoms with Crippen LogP contribution in [0.25, 0.3) is 11.2 Å². The summed E-state index contributed by atoms with van der Waals surface area (Å²) in [7, 11) is -2.60. The van der Waals surface area contributed by atoms with Crippen LogP contribution in [0.4, 0.5) is 5.82 Å². The molecule has 3 aromatic rings. The van der Waals surface area contributed by atoms with Gasteiger partial charge in [0.25, 0.3) is 0 Å². The summed E-state index contributed by atoms with van der Waals surface area (Å²) in [5.41, 5.74) is 5.68. The SMILES string of the molecule is C#C[C@]1(CO[P+](=O)N[C@@H](Cc2ccccc2)C(=O)OC(C)C)O[C@@H](n2cnc3c(N)nc(Cl)nc32)C[C@@H]1O. The molecule has 4 rings (SSSR count). The molecule has 1 unspecified atom stereocenters. The highest BCUT2D eigenvalue weighted by Gasteiger charge is 2.50. The van der Waals surface area contributed by atoms with Gasteiger partial charge in [-0.15, -0.1) is 10.9 Å². The van der Waals surface area contributed by atoms with E-state index in [2.05, 4.69) is 26.0 Å². The van der Waals surface area contributed by atoms with Crippen LogP contribution in [-0.4, -0.2) is 61.1 Å². The lowest BCUT2D eigenvalue weighted by atomic mass is 9.99. The van der Waals surface area contributed by atoms with Gasteiger partial charge in [-0.1, -0.05) is 41.3 Å². The van der Waals surface area contributed by atoms with Gasteiger partial charge in [0.15, 0.2) is 23.1 Å². The van der Waals surface area contributed by atoms with Crippen LogP contribution < -0.4 is 10.8 Å². The van der Waals surface area contributed by atoms with Crippen molar-refractivity contribution in [3.05, 3.63) is 47.5 Å². The van der Waals surface area contributed by atoms with Crippen molar-refractivity contribution in [1.82, 2.24) is 24.6 Å². The quantitative estimate of drug-likeness (QED) is 0.144. The molecule has 3 heterocycles. The van der Waals surface area contributed by atoms with Crippen molar-refractivity contribution in [2.75, 3.05) is 12.3 Å². The first-order chi connectivity index (χ1) is 18.1. The van der Waals surface area contributed by atoms with Crippen LogP contribution >= 0.6 is 19.8 Å². The Morgan fingerprint density at radius 1 is 1.42 bits per heavy atom. The number of fused-ring (bicyclic) bond motifs is 1. The topological polar surface area (TPSA) is 164 Å². The van der Waals surface area contributed by atoms with E-state index in [9.17, 15) is 14.5 Å². The van der Waals surface area contributed by atoms with Crippen LogP contribution in [0.1, 0.15) is 32.1 Å². The van der Waals surface area contributed by atoms with E-state index in [-0.39, 0.29) is 30.0 Å². The van der Waals surface area contributed by atoms with Gasteiger partial charge in [-0.3, -0.25) is 9.36 Å². The van der Waals surface area contributed by atoms with Gasteiger partial charge >= 0.3 is 14.1 Å². The predicted octanol–water partition coefficient (Wildman–Crippen LogP) is 2.54. The molecule has 0 bridgehead atoms. The Balaban J connectivity index is 1.45. The van der Waals surface area contributed by atoms with E-state index in [0.717, 1.165) is 5.56 Å². The number of aromatic nitrogens is 4. The number of ether oxygens (including phenoxy) is 2. The van der Waals surface area contributed by atoms with Gasteiger partial charge in [0.1, 0.15) is 24.5 Å². The Morgan fingerprint density at radius 2 is 2.16 bits per heavy atom. The number of nitrogens with zero attached hydrogens (tertiary/aromatic N) is 4. The Morgan fingerprint density at radius 3 is 2.84 bits per heavy atom. The number of hydrogen-bond donors (Lipinski definition) is 3. The standard InChI is InChI=1S/C24H27ClN6O6P/c1-4-24(17(32)11-18(37-24)31-13-27-19-20(26)28-23(25)29-21(19)31)12-35-38(34)30-16(22(33)36-14(2)3)10-15-8-6-5-7-9-15/h1,5-9,13-14,16-18,32H,10-12H2,2-3H3,(H,30,34)(H2,26,28,29)/q+1/t16-,17-,18+,24+/m0/s1. The van der Waals surface area contributed by atoms with E-state index in [4.69, 9.17) is 37.8 Å². The number of nitrogens with two attached hydrogens (primary N) is 1. The summed E-state index contributed by atoms with van der Waals surface area (Å²) in [5, 5.41) is 13.4. The van der Waals surface area contributed by atoms with Crippen molar-refractivity contribution < 1.29 is 28.5 Å². The van der Waals surface area contributed by atoms with Crippen LogP contribution in [-0.2, 0) is 29.8 Å². The zero-order chi connectivity index (χ0) is 27.4. The molecule has 12 nitrogen and oxygen atoms in total. The normalized spacial score (nSPS) is 22.4. The van der Waals surface area contributed by atoms with Gasteiger partial charge in [-0.25, -0.2) is 4.98 Å². The van der Waals surface area contributed by atoms with Gasteiger partial charge < -0.3 is 20.3 Å². The smallest absolute Gasteiger partial charge is 0.462 e. The third-order valence-corrected chi connectivity index (χ3v) is 6.92. The molecular formula is C24H27ClN6O6P+. The van der Waals surface area contributed by atoms with Crippen molar-refractivity contribution in [2.24, 2.45) is 0 Å². The molecule has 1 aliphatic rings. The fraction of sp³-hybridized carbons (Fsp3) is 0.417. The van der Waals surface area contributed by atoms with E-state index in [1.165, 1.54) is 10.9 Å². The molecule has 0 radical (unpaired) electrons. The maximum absolute atomic E-state index is 12.9. The third-order valence-electron chi connectivity index (χ3n) is 5.86. The van der Waals surface area contributed by atoms with Crippen molar-refractivity contribution in [2.45, 2.75) is 56.8 Å². The highest BCUT2D eigenvalue weighted by atomic mass is 35.5. The molecule has 1 aromatic carbocycles. The number of carbonyl (C=O) groups excluding carboxylic acids is 1. The zero-order valence-corrected chi connectivity index (χ0v) is 22.3. The summed E-state index contributed by atoms with van der Waals surface area (Å²) in [6.45, 7) is 3.01. The first-order valence-electron chi connectivity index (χ1n) is 11.7. The maximum Gasteiger partial charge on any atom is 0.614 e. The summed E-state index contributed by atoms with van der Waals surface area (Å²) in [6, 6.07) is 8.25. The minimum Gasteiger partial charge on any atom is -0.462 e. The second-order valence-corrected chi connectivity index (χ2v) is 10.3. The van der Waals surface area contributed by atoms with E-state index >= 15 is 0 Å². The number of terminal acetylenes is 1. The number of carbonyl (C=O) groups is 1. The average Bonchev–Trinajstić information content (AvgIpc) is 3.44. The summed E-state index contributed by atoms with van der Waals surface area (Å²) in [5.74, 6) is 1.94. The first-order valence-corrected chi connectivity index (χ1v) is 13.3. The molecule has 200 valence electrons. The van der Waals surface area contributed by atoms with Crippen molar-refractivity contribution in [3.8, 4) is 12.3 Å². The van der Waals surface area contributed by atoms with Gasteiger partial charge in [-0.2, -0.15) is 9.97 Å². The number of esters is 1. The van der Waals surface area contributed by atoms with Gasteiger partial charge in [0.2, 0.25) is 5.28 Å². The largest absolute Gasteiger partial charge is 0.614 e. The number of imidazole rings is 1. The molecule has 0 amide bonds. The minimum absolute atomic E-state index is 0.0576. The number of nitrogen functional groups attached to an aromatic ring is 1. The Kier molecular flexibility index (Phi) is 8.57. The van der Waals surface area contributed by atoms with Crippen LogP contribution in [0.3, 0.4) is 0 Å². The molecule has 1 saturated heterocycles. The number of aliphatic hydroxyl groups excluding tert-OH is 1. The number of rotatable bonds is 10. The number of aliphatic hydroxyl groups is 1. The molecule has 2 aromatic heterocycles. The second kappa shape index (κ2) is 11.7. The molecular weight excluding hydrogens is 535 g/mol. The fourth-order valence-electron chi connectivity index (χ4n) is 4.01. The zero-order valence-electron chi connectivity index (χ0n) is 20.7. The summed E-state index contributed by atoms with van der Waals surface area (Å²) in [4.78, 5) is 24.9. The third kappa shape index (κ3) is 6.10. The molecule has 5 atom stereocenters. The highest BCUT2D eigenvalue weighted by Crippen LogP contribution is 2.39. The van der Waals surface area contributed by atoms with Crippen LogP contribution in [0, 0.1) is 12.3 Å². The number of nitrogens with one attached hydrogen (secondary N) is 1. The molecule has 1 fully saturated rings. The van der Waals surface area contributed by atoms with Crippen LogP contribution in [0.5, 0.6) is 0 Å². The summed E-state index contributed by atoms with van der Waals surface area (Å²) >= 11 is 5.94.